The van der Waals surface area contributed by atoms with Crippen molar-refractivity contribution >= 4 is 0 Å². The van der Waals surface area contributed by atoms with E-state index in [1.165, 1.54) is 0 Å². The summed E-state index contributed by atoms with van der Waals surface area (Å²) in [5.41, 5.74) is 0. The van der Waals surface area contributed by atoms with Crippen molar-refractivity contribution in [3.63, 3.8) is 0 Å². The van der Waals surface area contributed by atoms with Crippen LogP contribution in [0.3, 0.4) is 0 Å². The van der Waals surface area contributed by atoms with Gasteiger partial charge in [-0.05, 0) is 24.7 Å². The minimum absolute atomic E-state index is 0.287. The van der Waals surface area contributed by atoms with Gasteiger partial charge in [-0.3, -0.25) is 0 Å². The van der Waals surface area contributed by atoms with Crippen molar-refractivity contribution in [3.8, 4) is 0 Å². The Bertz CT molecular complexity index is 108. The molecule has 0 unspecified atom stereocenters. The predicted octanol–water partition coefficient (Wildman–Crippen LogP) is 2.41. The van der Waals surface area contributed by atoms with Gasteiger partial charge < -0.3 is 4.74 Å². The van der Waals surface area contributed by atoms with Gasteiger partial charge in [-0.15, -0.1) is 0 Å². The van der Waals surface area contributed by atoms with E-state index in [1.54, 1.807) is 0 Å². The fourth-order valence-electron chi connectivity index (χ4n) is 1.50. The van der Waals surface area contributed by atoms with Gasteiger partial charge >= 0.3 is 0 Å². The molecular formula is C9H17FO. The third-order valence-corrected chi connectivity index (χ3v) is 2.50. The molecule has 0 atom stereocenters. The van der Waals surface area contributed by atoms with Gasteiger partial charge in [0.1, 0.15) is 6.67 Å². The molecule has 0 aliphatic heterocycles. The first-order valence-corrected chi connectivity index (χ1v) is 4.41. The van der Waals surface area contributed by atoms with Crippen LogP contribution in [0.25, 0.3) is 0 Å². The highest BCUT2D eigenvalue weighted by Crippen LogP contribution is 2.35. The summed E-state index contributed by atoms with van der Waals surface area (Å²) in [5.74, 6) is 1.58. The molecule has 0 radical (unpaired) electrons. The maximum Gasteiger partial charge on any atom is 0.113 e. The highest BCUT2D eigenvalue weighted by molar-refractivity contribution is 4.81. The number of hydrogen-bond acceptors (Lipinski definition) is 1. The average Bonchev–Trinajstić information content (AvgIpc) is 1.84. The molecular weight excluding hydrogens is 143 g/mol. The lowest BCUT2D eigenvalue weighted by Gasteiger charge is -2.37. The first kappa shape index (κ1) is 8.98. The number of alkyl halides is 1. The van der Waals surface area contributed by atoms with Gasteiger partial charge in [0.25, 0.3) is 0 Å². The van der Waals surface area contributed by atoms with E-state index in [-0.39, 0.29) is 13.3 Å². The van der Waals surface area contributed by atoms with Crippen molar-refractivity contribution in [2.75, 3.05) is 13.3 Å². The molecule has 0 heterocycles. The van der Waals surface area contributed by atoms with E-state index in [2.05, 4.69) is 13.8 Å². The Labute approximate surface area is 67.9 Å². The molecule has 1 saturated carbocycles. The molecule has 0 aromatic carbocycles. The van der Waals surface area contributed by atoms with Crippen LogP contribution in [0.1, 0.15) is 26.7 Å². The lowest BCUT2D eigenvalue weighted by atomic mass is 9.75. The molecule has 0 aromatic heterocycles. The van der Waals surface area contributed by atoms with Crippen LogP contribution in [0.4, 0.5) is 4.39 Å². The highest BCUT2D eigenvalue weighted by atomic mass is 19.1. The van der Waals surface area contributed by atoms with Gasteiger partial charge in [0.05, 0.1) is 12.7 Å². The van der Waals surface area contributed by atoms with Crippen LogP contribution in [-0.4, -0.2) is 19.4 Å². The molecule has 0 amide bonds. The maximum atomic E-state index is 11.6. The predicted molar refractivity (Wildman–Crippen MR) is 43.3 cm³/mol. The summed E-state index contributed by atoms with van der Waals surface area (Å²) in [4.78, 5) is 0. The molecule has 0 aromatic rings. The van der Waals surface area contributed by atoms with E-state index in [4.69, 9.17) is 4.74 Å². The minimum atomic E-state index is -0.344. The molecule has 1 rings (SSSR count). The molecule has 1 nitrogen and oxygen atoms in total. The standard InChI is InChI=1S/C9H17FO/c1-7(2)8-5-9(6-8)11-4-3-10/h7-9H,3-6H2,1-2H3. The monoisotopic (exact) mass is 160 g/mol. The maximum absolute atomic E-state index is 11.6. The van der Waals surface area contributed by atoms with Gasteiger partial charge in [-0.1, -0.05) is 13.8 Å². The Morgan fingerprint density at radius 1 is 1.45 bits per heavy atom. The van der Waals surface area contributed by atoms with E-state index < -0.39 is 0 Å². The number of rotatable bonds is 4. The highest BCUT2D eigenvalue weighted by Gasteiger charge is 2.31. The zero-order chi connectivity index (χ0) is 8.27. The quantitative estimate of drug-likeness (QED) is 0.613. The van der Waals surface area contributed by atoms with Crippen LogP contribution in [0, 0.1) is 11.8 Å². The SMILES string of the molecule is CC(C)C1CC(OCCF)C1. The number of ether oxygens (including phenoxy) is 1. The second-order valence-corrected chi connectivity index (χ2v) is 3.66. The Morgan fingerprint density at radius 2 is 2.09 bits per heavy atom. The first-order chi connectivity index (χ1) is 5.24. The van der Waals surface area contributed by atoms with E-state index >= 15 is 0 Å². The molecule has 1 aliphatic rings. The summed E-state index contributed by atoms with van der Waals surface area (Å²) in [6.07, 6.45) is 2.63. The number of hydrogen-bond donors (Lipinski definition) is 0. The molecule has 11 heavy (non-hydrogen) atoms. The van der Waals surface area contributed by atoms with Crippen molar-refractivity contribution < 1.29 is 9.13 Å². The Kier molecular flexibility index (Phi) is 3.31. The first-order valence-electron chi connectivity index (χ1n) is 4.41. The van der Waals surface area contributed by atoms with Crippen LogP contribution in [0.2, 0.25) is 0 Å². The summed E-state index contributed by atoms with van der Waals surface area (Å²) in [6.45, 7) is 4.41. The third-order valence-electron chi connectivity index (χ3n) is 2.50. The summed E-state index contributed by atoms with van der Waals surface area (Å²) in [5, 5.41) is 0. The van der Waals surface area contributed by atoms with Crippen LogP contribution in [-0.2, 0) is 4.74 Å². The molecule has 0 saturated heterocycles. The third kappa shape index (κ3) is 2.44. The van der Waals surface area contributed by atoms with Crippen molar-refractivity contribution in [2.45, 2.75) is 32.8 Å². The van der Waals surface area contributed by atoms with Gasteiger partial charge in [0.2, 0.25) is 0 Å². The van der Waals surface area contributed by atoms with E-state index in [0.717, 1.165) is 24.7 Å². The molecule has 66 valence electrons. The van der Waals surface area contributed by atoms with Crippen LogP contribution in [0.5, 0.6) is 0 Å². The lowest BCUT2D eigenvalue weighted by Crippen LogP contribution is -2.34. The lowest BCUT2D eigenvalue weighted by molar-refractivity contribution is -0.0466. The van der Waals surface area contributed by atoms with Crippen LogP contribution >= 0.6 is 0 Å². The van der Waals surface area contributed by atoms with Crippen molar-refractivity contribution in [2.24, 2.45) is 11.8 Å². The topological polar surface area (TPSA) is 9.23 Å². The second kappa shape index (κ2) is 4.05. The van der Waals surface area contributed by atoms with Crippen molar-refractivity contribution in [3.05, 3.63) is 0 Å². The molecule has 1 fully saturated rings. The summed E-state index contributed by atoms with van der Waals surface area (Å²) < 4.78 is 16.9. The molecule has 2 heteroatoms. The number of halogens is 1. The Morgan fingerprint density at radius 3 is 2.55 bits per heavy atom. The zero-order valence-electron chi connectivity index (χ0n) is 7.35. The molecule has 0 bridgehead atoms. The molecule has 0 N–H and O–H groups in total. The summed E-state index contributed by atoms with van der Waals surface area (Å²) >= 11 is 0. The Hall–Kier alpha value is -0.110. The van der Waals surface area contributed by atoms with Crippen LogP contribution < -0.4 is 0 Å². The van der Waals surface area contributed by atoms with Crippen molar-refractivity contribution in [1.82, 2.24) is 0 Å². The summed E-state index contributed by atoms with van der Waals surface area (Å²) in [6, 6.07) is 0. The average molecular weight is 160 g/mol. The van der Waals surface area contributed by atoms with Gasteiger partial charge in [-0.2, -0.15) is 0 Å². The van der Waals surface area contributed by atoms with Gasteiger partial charge in [-0.25, -0.2) is 4.39 Å². The van der Waals surface area contributed by atoms with E-state index in [9.17, 15) is 4.39 Å². The molecule has 0 spiro atoms. The van der Waals surface area contributed by atoms with Gasteiger partial charge in [0, 0.05) is 0 Å². The fourth-order valence-corrected chi connectivity index (χ4v) is 1.50. The molecule has 1 aliphatic carbocycles. The zero-order valence-corrected chi connectivity index (χ0v) is 7.35. The summed E-state index contributed by atoms with van der Waals surface area (Å²) in [7, 11) is 0. The van der Waals surface area contributed by atoms with E-state index in [1.807, 2.05) is 0 Å². The second-order valence-electron chi connectivity index (χ2n) is 3.66. The minimum Gasteiger partial charge on any atom is -0.375 e. The van der Waals surface area contributed by atoms with Gasteiger partial charge in [0.15, 0.2) is 0 Å². The fraction of sp³-hybridized carbons (Fsp3) is 1.00. The largest absolute Gasteiger partial charge is 0.375 e. The Balaban J connectivity index is 2.00. The van der Waals surface area contributed by atoms with Crippen LogP contribution in [0.15, 0.2) is 0 Å². The van der Waals surface area contributed by atoms with E-state index in [0.29, 0.717) is 6.10 Å². The smallest absolute Gasteiger partial charge is 0.113 e. The van der Waals surface area contributed by atoms with Crippen molar-refractivity contribution in [1.29, 1.82) is 0 Å². The normalized spacial score (nSPS) is 30.5.